The number of nitrogens with zero attached hydrogens (tertiary/aromatic N) is 1. The Morgan fingerprint density at radius 1 is 1.03 bits per heavy atom. The smallest absolute Gasteiger partial charge is 0.337 e. The first-order chi connectivity index (χ1) is 15.7. The molecule has 9 heteroatoms. The monoisotopic (exact) mass is 466 g/mol. The molecule has 1 amide bonds. The zero-order valence-corrected chi connectivity index (χ0v) is 18.6. The van der Waals surface area contributed by atoms with Gasteiger partial charge in [-0.1, -0.05) is 23.8 Å². The number of aryl methyl sites for hydroxylation is 1. The second-order valence-electron chi connectivity index (χ2n) is 7.84. The van der Waals surface area contributed by atoms with E-state index in [1.165, 1.54) is 40.7 Å². The van der Waals surface area contributed by atoms with Gasteiger partial charge in [-0.3, -0.25) is 4.79 Å². The number of nitrogens with one attached hydrogen (secondary N) is 1. The molecule has 0 saturated carbocycles. The van der Waals surface area contributed by atoms with Crippen molar-refractivity contribution in [2.75, 3.05) is 11.9 Å². The van der Waals surface area contributed by atoms with E-state index in [1.54, 1.807) is 31.2 Å². The Hall–Kier alpha value is -3.69. The summed E-state index contributed by atoms with van der Waals surface area (Å²) in [7, 11) is -3.80. The average Bonchev–Trinajstić information content (AvgIpc) is 2.80. The molecule has 3 N–H and O–H groups in total. The number of sulfonamides is 1. The van der Waals surface area contributed by atoms with Crippen molar-refractivity contribution in [1.29, 1.82) is 0 Å². The van der Waals surface area contributed by atoms with Gasteiger partial charge >= 0.3 is 5.97 Å². The van der Waals surface area contributed by atoms with E-state index in [0.29, 0.717) is 6.42 Å². The van der Waals surface area contributed by atoms with Gasteiger partial charge in [-0.05, 0) is 66.9 Å². The van der Waals surface area contributed by atoms with Gasteiger partial charge in [0.05, 0.1) is 16.1 Å². The summed E-state index contributed by atoms with van der Waals surface area (Å²) in [5.41, 5.74) is 2.58. The van der Waals surface area contributed by atoms with Gasteiger partial charge < -0.3 is 15.5 Å². The second kappa shape index (κ2) is 8.68. The minimum absolute atomic E-state index is 0.0287. The molecule has 0 saturated heterocycles. The highest BCUT2D eigenvalue weighted by atomic mass is 32.2. The van der Waals surface area contributed by atoms with Crippen LogP contribution in [-0.2, 0) is 23.0 Å². The van der Waals surface area contributed by atoms with E-state index in [9.17, 15) is 28.2 Å². The molecule has 0 atom stereocenters. The van der Waals surface area contributed by atoms with Crippen molar-refractivity contribution < 1.29 is 28.2 Å². The number of phenolic OH excluding ortho intramolecular Hbond substituents is 1. The molecule has 3 aromatic rings. The van der Waals surface area contributed by atoms with Crippen LogP contribution in [0.3, 0.4) is 0 Å². The second-order valence-corrected chi connectivity index (χ2v) is 9.77. The molecule has 0 aliphatic carbocycles. The lowest BCUT2D eigenvalue weighted by molar-refractivity contribution is 0.0698. The molecular weight excluding hydrogens is 444 g/mol. The number of carbonyl (C=O) groups excluding carboxylic acids is 1. The molecular formula is C24H22N2O6S. The number of benzene rings is 3. The lowest BCUT2D eigenvalue weighted by atomic mass is 10.0. The Morgan fingerprint density at radius 2 is 1.76 bits per heavy atom. The zero-order chi connectivity index (χ0) is 23.8. The van der Waals surface area contributed by atoms with E-state index in [1.807, 2.05) is 0 Å². The fourth-order valence-electron chi connectivity index (χ4n) is 3.83. The Morgan fingerprint density at radius 3 is 2.45 bits per heavy atom. The third-order valence-corrected chi connectivity index (χ3v) is 7.47. The van der Waals surface area contributed by atoms with Crippen LogP contribution >= 0.6 is 0 Å². The highest BCUT2D eigenvalue weighted by Crippen LogP contribution is 2.30. The van der Waals surface area contributed by atoms with Crippen molar-refractivity contribution in [3.05, 3.63) is 88.5 Å². The first-order valence-corrected chi connectivity index (χ1v) is 11.7. The van der Waals surface area contributed by atoms with Crippen LogP contribution < -0.4 is 5.32 Å². The molecule has 0 fully saturated rings. The van der Waals surface area contributed by atoms with Gasteiger partial charge in [0, 0.05) is 18.7 Å². The van der Waals surface area contributed by atoms with Gasteiger partial charge in [-0.2, -0.15) is 4.31 Å². The molecule has 0 unspecified atom stereocenters. The molecule has 1 heterocycles. The van der Waals surface area contributed by atoms with E-state index in [2.05, 4.69) is 5.32 Å². The van der Waals surface area contributed by atoms with Gasteiger partial charge in [-0.25, -0.2) is 13.2 Å². The van der Waals surface area contributed by atoms with Crippen molar-refractivity contribution in [3.8, 4) is 5.75 Å². The number of hydrogen-bond donors (Lipinski definition) is 3. The van der Waals surface area contributed by atoms with Crippen LogP contribution in [0.5, 0.6) is 5.75 Å². The highest BCUT2D eigenvalue weighted by molar-refractivity contribution is 7.89. The molecule has 170 valence electrons. The van der Waals surface area contributed by atoms with Gasteiger partial charge in [0.2, 0.25) is 10.0 Å². The quantitative estimate of drug-likeness (QED) is 0.529. The van der Waals surface area contributed by atoms with Crippen molar-refractivity contribution >= 4 is 27.6 Å². The molecule has 0 radical (unpaired) electrons. The van der Waals surface area contributed by atoms with Crippen molar-refractivity contribution in [2.24, 2.45) is 0 Å². The topological polar surface area (TPSA) is 124 Å². The molecule has 4 rings (SSSR count). The fraction of sp³-hybridized carbons (Fsp3) is 0.167. The lowest BCUT2D eigenvalue weighted by Crippen LogP contribution is -2.36. The highest BCUT2D eigenvalue weighted by Gasteiger charge is 2.29. The first-order valence-electron chi connectivity index (χ1n) is 10.2. The third-order valence-electron chi connectivity index (χ3n) is 5.61. The zero-order valence-electron chi connectivity index (χ0n) is 17.8. The number of aromatic hydroxyl groups is 1. The Labute approximate surface area is 191 Å². The number of rotatable bonds is 5. The Bertz CT molecular complexity index is 1350. The summed E-state index contributed by atoms with van der Waals surface area (Å²) in [6.45, 7) is 2.14. The van der Waals surface area contributed by atoms with Gasteiger partial charge in [0.15, 0.2) is 0 Å². The molecule has 0 aromatic heterocycles. The third kappa shape index (κ3) is 4.46. The van der Waals surface area contributed by atoms with Crippen LogP contribution in [0.4, 0.5) is 5.69 Å². The first kappa shape index (κ1) is 22.5. The summed E-state index contributed by atoms with van der Waals surface area (Å²) in [4.78, 5) is 24.1. The summed E-state index contributed by atoms with van der Waals surface area (Å²) in [5, 5.41) is 21.9. The van der Waals surface area contributed by atoms with Crippen LogP contribution in [0, 0.1) is 6.92 Å². The number of carboxylic acids is 1. The van der Waals surface area contributed by atoms with E-state index in [4.69, 9.17) is 0 Å². The number of phenols is 1. The summed E-state index contributed by atoms with van der Waals surface area (Å²) < 4.78 is 27.5. The maximum atomic E-state index is 13.1. The summed E-state index contributed by atoms with van der Waals surface area (Å²) in [5.74, 6) is -1.54. The maximum Gasteiger partial charge on any atom is 0.337 e. The van der Waals surface area contributed by atoms with E-state index in [0.717, 1.165) is 16.7 Å². The minimum atomic E-state index is -3.80. The number of hydrogen-bond acceptors (Lipinski definition) is 5. The largest absolute Gasteiger partial charge is 0.508 e. The number of carbonyl (C=O) groups is 2. The summed E-state index contributed by atoms with van der Waals surface area (Å²) in [6, 6.07) is 15.2. The number of anilines is 1. The predicted octanol–water partition coefficient (Wildman–Crippen LogP) is 3.40. The van der Waals surface area contributed by atoms with E-state index >= 15 is 0 Å². The summed E-state index contributed by atoms with van der Waals surface area (Å²) in [6.07, 6.45) is 0.407. The Kier molecular flexibility index (Phi) is 5.92. The molecule has 33 heavy (non-hydrogen) atoms. The maximum absolute atomic E-state index is 13.1. The van der Waals surface area contributed by atoms with Crippen molar-refractivity contribution in [2.45, 2.75) is 24.8 Å². The summed E-state index contributed by atoms with van der Waals surface area (Å²) >= 11 is 0. The SMILES string of the molecule is Cc1ccc(NC(=O)c2ccc(S(=O)(=O)N3CCc4c(O)cccc4C3)cc2)c(C(=O)O)c1. The van der Waals surface area contributed by atoms with E-state index in [-0.39, 0.29) is 40.5 Å². The van der Waals surface area contributed by atoms with Crippen LogP contribution in [-0.4, -0.2) is 41.4 Å². The molecule has 0 bridgehead atoms. The lowest BCUT2D eigenvalue weighted by Gasteiger charge is -2.28. The number of aromatic carboxylic acids is 1. The van der Waals surface area contributed by atoms with Crippen LogP contribution in [0.2, 0.25) is 0 Å². The van der Waals surface area contributed by atoms with Crippen LogP contribution in [0.1, 0.15) is 37.4 Å². The molecule has 1 aliphatic rings. The normalized spacial score (nSPS) is 13.8. The number of carboxylic acid groups (broad SMARTS) is 1. The average molecular weight is 467 g/mol. The van der Waals surface area contributed by atoms with Crippen LogP contribution in [0.25, 0.3) is 0 Å². The molecule has 8 nitrogen and oxygen atoms in total. The standard InChI is InChI=1S/C24H22N2O6S/c1-15-5-10-21(20(13-15)24(29)30)25-23(28)16-6-8-18(9-7-16)33(31,32)26-12-11-19-17(14-26)3-2-4-22(19)27/h2-10,13,27H,11-12,14H2,1H3,(H,25,28)(H,29,30). The number of amides is 1. The molecule has 0 spiro atoms. The predicted molar refractivity (Wildman–Crippen MR) is 122 cm³/mol. The Balaban J connectivity index is 1.52. The molecule has 1 aliphatic heterocycles. The van der Waals surface area contributed by atoms with Gasteiger partial charge in [0.25, 0.3) is 5.91 Å². The van der Waals surface area contributed by atoms with Crippen LogP contribution in [0.15, 0.2) is 65.6 Å². The fourth-order valence-corrected chi connectivity index (χ4v) is 5.25. The minimum Gasteiger partial charge on any atom is -0.508 e. The van der Waals surface area contributed by atoms with Gasteiger partial charge in [-0.15, -0.1) is 0 Å². The van der Waals surface area contributed by atoms with Crippen molar-refractivity contribution in [3.63, 3.8) is 0 Å². The van der Waals surface area contributed by atoms with Gasteiger partial charge in [0.1, 0.15) is 5.75 Å². The number of fused-ring (bicyclic) bond motifs is 1. The van der Waals surface area contributed by atoms with E-state index < -0.39 is 21.9 Å². The van der Waals surface area contributed by atoms with Crippen molar-refractivity contribution in [1.82, 2.24) is 4.31 Å². The molecule has 3 aromatic carbocycles.